The van der Waals surface area contributed by atoms with Gasteiger partial charge in [-0.15, -0.1) is 11.6 Å². The number of carbonyl (C=O) groups is 2. The number of rotatable bonds is 2. The number of hydrogen-bond acceptors (Lipinski definition) is 4. The molecule has 1 saturated heterocycles. The van der Waals surface area contributed by atoms with Crippen LogP contribution in [0.4, 0.5) is 0 Å². The van der Waals surface area contributed by atoms with Crippen LogP contribution in [0.15, 0.2) is 0 Å². The highest BCUT2D eigenvalue weighted by molar-refractivity contribution is 6.21. The quantitative estimate of drug-likeness (QED) is 0.552. The Morgan fingerprint density at radius 2 is 1.76 bits per heavy atom. The molecule has 0 aromatic heterocycles. The van der Waals surface area contributed by atoms with Crippen molar-refractivity contribution < 1.29 is 19.1 Å². The summed E-state index contributed by atoms with van der Waals surface area (Å²) in [7, 11) is 0. The van der Waals surface area contributed by atoms with Crippen LogP contribution in [-0.2, 0) is 19.1 Å². The van der Waals surface area contributed by atoms with Gasteiger partial charge in [-0.2, -0.15) is 0 Å². The van der Waals surface area contributed by atoms with Crippen molar-refractivity contribution in [1.29, 1.82) is 0 Å². The standard InChI is InChI=1S/C20H27ClO4/c1-18(2)19(3)4-5-20(18,25-16(19)22)17(23)24-14-9-12-7-10-6-11(15(12)21)8-13(10)14/h10-15H,4-9H2,1-3H3. The third-order valence-corrected chi connectivity index (χ3v) is 9.69. The van der Waals surface area contributed by atoms with Gasteiger partial charge in [0.15, 0.2) is 0 Å². The van der Waals surface area contributed by atoms with Crippen LogP contribution in [0.3, 0.4) is 0 Å². The van der Waals surface area contributed by atoms with Gasteiger partial charge in [-0.3, -0.25) is 4.79 Å². The van der Waals surface area contributed by atoms with Crippen molar-refractivity contribution in [3.63, 3.8) is 0 Å². The van der Waals surface area contributed by atoms with Gasteiger partial charge in [0.1, 0.15) is 6.10 Å². The molecule has 0 amide bonds. The average Bonchev–Trinajstić information content (AvgIpc) is 3.05. The van der Waals surface area contributed by atoms with Crippen molar-refractivity contribution in [1.82, 2.24) is 0 Å². The van der Waals surface area contributed by atoms with E-state index in [2.05, 4.69) is 0 Å². The van der Waals surface area contributed by atoms with Crippen molar-refractivity contribution in [2.45, 2.75) is 76.4 Å². The van der Waals surface area contributed by atoms with E-state index < -0.39 is 16.4 Å². The molecule has 0 aromatic carbocycles. The molecule has 138 valence electrons. The highest BCUT2D eigenvalue weighted by Gasteiger charge is 2.76. The summed E-state index contributed by atoms with van der Waals surface area (Å²) in [6, 6.07) is 0. The van der Waals surface area contributed by atoms with Crippen LogP contribution in [0.25, 0.3) is 0 Å². The van der Waals surface area contributed by atoms with Crippen LogP contribution in [0, 0.1) is 34.5 Å². The van der Waals surface area contributed by atoms with Gasteiger partial charge in [0.05, 0.1) is 5.41 Å². The molecule has 1 aliphatic heterocycles. The molecule has 5 bridgehead atoms. The number of ether oxygens (including phenoxy) is 2. The Balaban J connectivity index is 1.41. The molecule has 4 nitrogen and oxygen atoms in total. The Bertz CT molecular complexity index is 660. The predicted molar refractivity (Wildman–Crippen MR) is 91.9 cm³/mol. The van der Waals surface area contributed by atoms with Gasteiger partial charge in [0, 0.05) is 10.8 Å². The van der Waals surface area contributed by atoms with E-state index in [0.717, 1.165) is 12.8 Å². The molecular formula is C20H27ClO4. The Labute approximate surface area is 153 Å². The smallest absolute Gasteiger partial charge is 0.351 e. The average molecular weight is 367 g/mol. The lowest BCUT2D eigenvalue weighted by Crippen LogP contribution is -2.51. The van der Waals surface area contributed by atoms with E-state index in [9.17, 15) is 9.59 Å². The van der Waals surface area contributed by atoms with Crippen LogP contribution in [-0.4, -0.2) is 29.0 Å². The lowest BCUT2D eigenvalue weighted by molar-refractivity contribution is -0.191. The monoisotopic (exact) mass is 366 g/mol. The predicted octanol–water partition coefficient (Wildman–Crippen LogP) is 3.69. The molecule has 1 heterocycles. The highest BCUT2D eigenvalue weighted by Crippen LogP contribution is 2.66. The van der Waals surface area contributed by atoms with E-state index in [0.29, 0.717) is 36.5 Å². The van der Waals surface area contributed by atoms with Gasteiger partial charge in [-0.25, -0.2) is 4.79 Å². The van der Waals surface area contributed by atoms with Crippen molar-refractivity contribution in [3.05, 3.63) is 0 Å². The number of alkyl halides is 1. The van der Waals surface area contributed by atoms with E-state index >= 15 is 0 Å². The Hall–Kier alpha value is -0.770. The van der Waals surface area contributed by atoms with Gasteiger partial charge in [-0.05, 0) is 69.1 Å². The zero-order chi connectivity index (χ0) is 17.8. The van der Waals surface area contributed by atoms with Gasteiger partial charge >= 0.3 is 11.9 Å². The molecule has 5 rings (SSSR count). The number of halogens is 1. The first kappa shape index (κ1) is 16.4. The number of esters is 2. The van der Waals surface area contributed by atoms with Crippen LogP contribution in [0.1, 0.15) is 59.3 Å². The fourth-order valence-electron chi connectivity index (χ4n) is 6.86. The van der Waals surface area contributed by atoms with Gasteiger partial charge in [0.2, 0.25) is 5.60 Å². The summed E-state index contributed by atoms with van der Waals surface area (Å²) in [5.74, 6) is 1.60. The molecule has 5 heteroatoms. The Morgan fingerprint density at radius 3 is 2.36 bits per heavy atom. The highest BCUT2D eigenvalue weighted by atomic mass is 35.5. The Kier molecular flexibility index (Phi) is 3.11. The largest absolute Gasteiger partial charge is 0.459 e. The molecule has 8 atom stereocenters. The zero-order valence-corrected chi connectivity index (χ0v) is 16.0. The maximum Gasteiger partial charge on any atom is 0.351 e. The number of carbonyl (C=O) groups excluding carboxylic acids is 2. The second-order valence-electron chi connectivity index (χ2n) is 9.95. The summed E-state index contributed by atoms with van der Waals surface area (Å²) in [5, 5.41) is 0.235. The molecular weight excluding hydrogens is 340 g/mol. The molecule has 4 saturated carbocycles. The zero-order valence-electron chi connectivity index (χ0n) is 15.2. The minimum absolute atomic E-state index is 0.0543. The van der Waals surface area contributed by atoms with E-state index in [-0.39, 0.29) is 23.4 Å². The lowest BCUT2D eigenvalue weighted by atomic mass is 9.66. The van der Waals surface area contributed by atoms with Crippen molar-refractivity contribution in [2.24, 2.45) is 34.5 Å². The van der Waals surface area contributed by atoms with Gasteiger partial charge in [0.25, 0.3) is 0 Å². The van der Waals surface area contributed by atoms with E-state index in [1.54, 1.807) is 0 Å². The molecule has 0 spiro atoms. The summed E-state index contributed by atoms with van der Waals surface area (Å²) in [6.45, 7) is 5.89. The molecule has 5 fully saturated rings. The number of fused-ring (bicyclic) bond motifs is 4. The van der Waals surface area contributed by atoms with Crippen molar-refractivity contribution >= 4 is 23.5 Å². The minimum Gasteiger partial charge on any atom is -0.459 e. The topological polar surface area (TPSA) is 52.6 Å². The lowest BCUT2D eigenvalue weighted by Gasteiger charge is -2.42. The minimum atomic E-state index is -1.10. The SMILES string of the molecule is CC12CCC(C(=O)OC3CC4CC5CC(CC53)C4Cl)(OC1=O)C2(C)C. The molecule has 8 unspecified atom stereocenters. The molecule has 5 aliphatic rings. The van der Waals surface area contributed by atoms with E-state index in [1.165, 1.54) is 12.8 Å². The first-order chi connectivity index (χ1) is 11.7. The molecule has 0 radical (unpaired) electrons. The molecule has 0 N–H and O–H groups in total. The van der Waals surface area contributed by atoms with Crippen LogP contribution >= 0.6 is 11.6 Å². The van der Waals surface area contributed by atoms with E-state index in [1.807, 2.05) is 20.8 Å². The first-order valence-electron chi connectivity index (χ1n) is 9.78. The second-order valence-corrected chi connectivity index (χ2v) is 10.5. The Morgan fingerprint density at radius 1 is 1.08 bits per heavy atom. The summed E-state index contributed by atoms with van der Waals surface area (Å²) >= 11 is 6.67. The van der Waals surface area contributed by atoms with Crippen molar-refractivity contribution in [3.8, 4) is 0 Å². The summed E-state index contributed by atoms with van der Waals surface area (Å²) < 4.78 is 11.8. The van der Waals surface area contributed by atoms with Crippen LogP contribution in [0.5, 0.6) is 0 Å². The van der Waals surface area contributed by atoms with Crippen molar-refractivity contribution in [2.75, 3.05) is 0 Å². The fraction of sp³-hybridized carbons (Fsp3) is 0.900. The van der Waals surface area contributed by atoms with Crippen LogP contribution < -0.4 is 0 Å². The third kappa shape index (κ3) is 1.76. The number of hydrogen-bond donors (Lipinski definition) is 0. The normalized spacial score (nSPS) is 54.6. The molecule has 25 heavy (non-hydrogen) atoms. The molecule has 0 aromatic rings. The van der Waals surface area contributed by atoms with Crippen LogP contribution in [0.2, 0.25) is 0 Å². The fourth-order valence-corrected chi connectivity index (χ4v) is 7.27. The summed E-state index contributed by atoms with van der Waals surface area (Å²) in [4.78, 5) is 25.7. The summed E-state index contributed by atoms with van der Waals surface area (Å²) in [6.07, 6.45) is 5.55. The van der Waals surface area contributed by atoms with E-state index in [4.69, 9.17) is 21.1 Å². The maximum atomic E-state index is 13.3. The molecule has 4 aliphatic carbocycles. The first-order valence-corrected chi connectivity index (χ1v) is 10.2. The summed E-state index contributed by atoms with van der Waals surface area (Å²) in [5.41, 5.74) is -2.22. The maximum absolute atomic E-state index is 13.3. The third-order valence-electron chi connectivity index (χ3n) is 8.98. The second kappa shape index (κ2) is 4.74. The van der Waals surface area contributed by atoms with Gasteiger partial charge < -0.3 is 9.47 Å². The van der Waals surface area contributed by atoms with Gasteiger partial charge in [-0.1, -0.05) is 13.8 Å².